The predicted octanol–water partition coefficient (Wildman–Crippen LogP) is -0.468. The van der Waals surface area contributed by atoms with Crippen LogP contribution in [0.4, 0.5) is 11.4 Å². The van der Waals surface area contributed by atoms with Crippen molar-refractivity contribution in [1.82, 2.24) is 0 Å². The van der Waals surface area contributed by atoms with E-state index in [1.165, 1.54) is 36.4 Å². The smallest absolute Gasteiger partial charge is 1.00 e. The van der Waals surface area contributed by atoms with Gasteiger partial charge in [-0.25, -0.2) is 8.42 Å². The van der Waals surface area contributed by atoms with E-state index in [9.17, 15) is 26.7 Å². The van der Waals surface area contributed by atoms with Crippen molar-refractivity contribution in [1.29, 1.82) is 0 Å². The van der Waals surface area contributed by atoms with E-state index >= 15 is 0 Å². The Hall–Kier alpha value is -2.15. The minimum absolute atomic E-state index is 0. The Kier molecular flexibility index (Phi) is 7.17. The maximum Gasteiger partial charge on any atom is 1.00 e. The molecule has 12 heteroatoms. The van der Waals surface area contributed by atoms with E-state index in [2.05, 4.69) is 10.0 Å². The predicted molar refractivity (Wildman–Crippen MR) is 109 cm³/mol. The van der Waals surface area contributed by atoms with Crippen LogP contribution in [0.1, 0.15) is 11.8 Å². The quantitative estimate of drug-likeness (QED) is 0.228. The van der Waals surface area contributed by atoms with Crippen LogP contribution in [0.25, 0.3) is 10.8 Å². The van der Waals surface area contributed by atoms with Crippen molar-refractivity contribution in [2.75, 3.05) is 16.3 Å². The van der Waals surface area contributed by atoms with Crippen LogP contribution in [0.15, 0.2) is 59.5 Å². The van der Waals surface area contributed by atoms with Crippen LogP contribution in [-0.2, 0) is 20.1 Å². The van der Waals surface area contributed by atoms with Gasteiger partial charge in [0.15, 0.2) is 0 Å². The molecule has 4 N–H and O–H groups in total. The number of rotatable bonds is 5. The van der Waals surface area contributed by atoms with E-state index in [0.717, 1.165) is 18.4 Å². The van der Waals surface area contributed by atoms with Gasteiger partial charge in [-0.3, -0.25) is 14.1 Å². The van der Waals surface area contributed by atoms with Crippen molar-refractivity contribution < 1.29 is 62.3 Å². The number of carbonyl (C=O) groups is 1. The minimum Gasteiger partial charge on any atom is -1.00 e. The molecule has 3 rings (SSSR count). The van der Waals surface area contributed by atoms with E-state index in [0.29, 0.717) is 10.8 Å². The molecular weight excluding hydrogens is 443 g/mol. The molecule has 0 saturated carbocycles. The van der Waals surface area contributed by atoms with Crippen molar-refractivity contribution >= 4 is 48.2 Å². The molecular formula is C18H17N2NaO7S2. The number of anilines is 2. The molecule has 0 atom stereocenters. The van der Waals surface area contributed by atoms with E-state index in [-0.39, 0.29) is 53.7 Å². The average molecular weight is 460 g/mol. The number of sulfonamides is 1. The molecule has 0 aliphatic heterocycles. The van der Waals surface area contributed by atoms with Crippen LogP contribution in [-0.4, -0.2) is 38.7 Å². The molecule has 0 radical (unpaired) electrons. The topological polar surface area (TPSA) is 150 Å². The molecule has 0 saturated heterocycles. The zero-order valence-corrected chi connectivity index (χ0v) is 19.6. The Morgan fingerprint density at radius 1 is 0.933 bits per heavy atom. The zero-order chi connectivity index (χ0) is 21.4. The van der Waals surface area contributed by atoms with Gasteiger partial charge in [0.05, 0.1) is 22.5 Å². The minimum atomic E-state index is -4.47. The molecule has 0 spiro atoms. The SMILES string of the molecule is CS(=O)(=O)Nc1cccc2c(O)c(NC(=O)c3cccc(S(=O)(=O)O)c3)ccc12.[H-].[Na+]. The standard InChI is InChI=1S/C18H16N2O7S2.Na.H/c1-28(23,24)20-15-7-3-6-14-13(15)8-9-16(17(14)21)19-18(22)11-4-2-5-12(10-11)29(25,26)27;;/h2-10,20-21H,1H3,(H,19,22)(H,25,26,27);;/q;+1;-1. The van der Waals surface area contributed by atoms with Gasteiger partial charge in [-0.1, -0.05) is 18.2 Å². The zero-order valence-electron chi connectivity index (χ0n) is 16.9. The number of fused-ring (bicyclic) bond motifs is 1. The fourth-order valence-electron chi connectivity index (χ4n) is 2.72. The van der Waals surface area contributed by atoms with Gasteiger partial charge in [0, 0.05) is 16.3 Å². The Morgan fingerprint density at radius 2 is 1.60 bits per heavy atom. The van der Waals surface area contributed by atoms with Crippen molar-refractivity contribution in [3.8, 4) is 5.75 Å². The van der Waals surface area contributed by atoms with Crippen LogP contribution in [0.5, 0.6) is 5.75 Å². The van der Waals surface area contributed by atoms with Crippen molar-refractivity contribution in [3.63, 3.8) is 0 Å². The molecule has 0 aromatic heterocycles. The molecule has 154 valence electrons. The van der Waals surface area contributed by atoms with Gasteiger partial charge < -0.3 is 11.8 Å². The molecule has 0 aliphatic rings. The van der Waals surface area contributed by atoms with Gasteiger partial charge in [-0.15, -0.1) is 0 Å². The van der Waals surface area contributed by atoms with Gasteiger partial charge in [-0.05, 0) is 36.4 Å². The fourth-order valence-corrected chi connectivity index (χ4v) is 3.83. The van der Waals surface area contributed by atoms with Gasteiger partial charge in [0.1, 0.15) is 5.75 Å². The molecule has 0 fully saturated rings. The number of phenolic OH excluding ortho intramolecular Hbond substituents is 1. The Morgan fingerprint density at radius 3 is 2.23 bits per heavy atom. The number of phenols is 1. The average Bonchev–Trinajstić information content (AvgIpc) is 2.62. The summed E-state index contributed by atoms with van der Waals surface area (Å²) in [7, 11) is -8.01. The van der Waals surface area contributed by atoms with Crippen LogP contribution in [0, 0.1) is 0 Å². The Labute approximate surface area is 196 Å². The second-order valence-electron chi connectivity index (χ2n) is 6.19. The van der Waals surface area contributed by atoms with E-state index in [1.54, 1.807) is 6.07 Å². The fraction of sp³-hybridized carbons (Fsp3) is 0.0556. The summed E-state index contributed by atoms with van der Waals surface area (Å²) in [5.74, 6) is -1.01. The number of aromatic hydroxyl groups is 1. The van der Waals surface area contributed by atoms with Gasteiger partial charge in [-0.2, -0.15) is 8.42 Å². The summed E-state index contributed by atoms with van der Waals surface area (Å²) < 4.78 is 56.9. The summed E-state index contributed by atoms with van der Waals surface area (Å²) in [4.78, 5) is 12.0. The third-order valence-electron chi connectivity index (χ3n) is 3.97. The normalized spacial score (nSPS) is 11.5. The molecule has 9 nitrogen and oxygen atoms in total. The number of hydrogen-bond acceptors (Lipinski definition) is 6. The Bertz CT molecular complexity index is 1350. The third kappa shape index (κ3) is 5.50. The molecule has 0 heterocycles. The van der Waals surface area contributed by atoms with Crippen molar-refractivity contribution in [2.24, 2.45) is 0 Å². The summed E-state index contributed by atoms with van der Waals surface area (Å²) in [6.45, 7) is 0. The number of carbonyl (C=O) groups excluding carboxylic acids is 1. The molecule has 1 amide bonds. The van der Waals surface area contributed by atoms with E-state index < -0.39 is 30.9 Å². The number of amides is 1. The second kappa shape index (κ2) is 8.92. The molecule has 0 aliphatic carbocycles. The summed E-state index contributed by atoms with van der Waals surface area (Å²) in [6, 6.07) is 12.3. The maximum absolute atomic E-state index is 12.4. The Balaban J connectivity index is 0.00000240. The first-order valence-corrected chi connectivity index (χ1v) is 11.4. The van der Waals surface area contributed by atoms with Gasteiger partial charge in [0.25, 0.3) is 16.0 Å². The van der Waals surface area contributed by atoms with E-state index in [4.69, 9.17) is 4.55 Å². The summed E-state index contributed by atoms with van der Waals surface area (Å²) >= 11 is 0. The van der Waals surface area contributed by atoms with Crippen molar-refractivity contribution in [3.05, 3.63) is 60.2 Å². The van der Waals surface area contributed by atoms with Crippen molar-refractivity contribution in [2.45, 2.75) is 4.90 Å². The largest absolute Gasteiger partial charge is 1.00 e. The molecule has 3 aromatic carbocycles. The molecule has 0 bridgehead atoms. The molecule has 3 aromatic rings. The summed E-state index contributed by atoms with van der Waals surface area (Å²) in [5.41, 5.74) is 0.252. The first-order valence-electron chi connectivity index (χ1n) is 8.07. The second-order valence-corrected chi connectivity index (χ2v) is 9.36. The summed E-state index contributed by atoms with van der Waals surface area (Å²) in [6.07, 6.45) is 1.00. The molecule has 30 heavy (non-hydrogen) atoms. The van der Waals surface area contributed by atoms with E-state index in [1.807, 2.05) is 0 Å². The number of hydrogen-bond donors (Lipinski definition) is 4. The molecule has 0 unspecified atom stereocenters. The first kappa shape index (κ1) is 24.1. The summed E-state index contributed by atoms with van der Waals surface area (Å²) in [5, 5.41) is 13.7. The number of nitrogens with one attached hydrogen (secondary N) is 2. The maximum atomic E-state index is 12.4. The van der Waals surface area contributed by atoms with Crippen LogP contribution in [0.3, 0.4) is 0 Å². The van der Waals surface area contributed by atoms with Crippen LogP contribution in [0.2, 0.25) is 0 Å². The number of benzene rings is 3. The van der Waals surface area contributed by atoms with Gasteiger partial charge >= 0.3 is 29.6 Å². The monoisotopic (exact) mass is 460 g/mol. The van der Waals surface area contributed by atoms with Crippen LogP contribution < -0.4 is 39.6 Å². The first-order chi connectivity index (χ1) is 13.5. The third-order valence-corrected chi connectivity index (χ3v) is 5.41. The van der Waals surface area contributed by atoms with Gasteiger partial charge in [0.2, 0.25) is 10.0 Å². The van der Waals surface area contributed by atoms with Crippen LogP contribution >= 0.6 is 0 Å².